The summed E-state index contributed by atoms with van der Waals surface area (Å²) in [4.78, 5) is 18.4. The first kappa shape index (κ1) is 18.5. The smallest absolute Gasteiger partial charge is 0.174 e. The average molecular weight is 365 g/mol. The Morgan fingerprint density at radius 3 is 2.52 bits per heavy atom. The zero-order chi connectivity index (χ0) is 19.0. The van der Waals surface area contributed by atoms with Gasteiger partial charge in [-0.3, -0.25) is 4.79 Å². The number of carbonyl (C=O) groups is 1. The second kappa shape index (κ2) is 7.27. The van der Waals surface area contributed by atoms with Crippen LogP contribution in [0.2, 0.25) is 0 Å². The van der Waals surface area contributed by atoms with Gasteiger partial charge in [-0.1, -0.05) is 45.0 Å². The molecule has 1 aliphatic carbocycles. The average Bonchev–Trinajstić information content (AvgIpc) is 2.82. The summed E-state index contributed by atoms with van der Waals surface area (Å²) in [6.07, 6.45) is 4.18. The number of nitrogens with zero attached hydrogens (tertiary/aromatic N) is 2. The first-order valence-electron chi connectivity index (χ1n) is 10.7. The summed E-state index contributed by atoms with van der Waals surface area (Å²) in [7, 11) is 0. The van der Waals surface area contributed by atoms with E-state index in [1.54, 1.807) is 0 Å². The quantitative estimate of drug-likeness (QED) is 0.744. The molecule has 1 saturated heterocycles. The van der Waals surface area contributed by atoms with Crippen molar-refractivity contribution < 1.29 is 4.79 Å². The van der Waals surface area contributed by atoms with Crippen molar-refractivity contribution in [3.05, 3.63) is 41.5 Å². The van der Waals surface area contributed by atoms with Gasteiger partial charge in [0, 0.05) is 36.3 Å². The van der Waals surface area contributed by atoms with Crippen LogP contribution in [0.5, 0.6) is 0 Å². The maximum atomic E-state index is 13.3. The van der Waals surface area contributed by atoms with Crippen molar-refractivity contribution in [3.63, 3.8) is 0 Å². The molecule has 1 heterocycles. The first-order valence-corrected chi connectivity index (χ1v) is 10.7. The van der Waals surface area contributed by atoms with Crippen molar-refractivity contribution in [1.29, 1.82) is 0 Å². The van der Waals surface area contributed by atoms with Crippen LogP contribution in [0.15, 0.2) is 30.3 Å². The SMILES string of the molecule is CCCN1CCCN(c2ccc3c4c(cccc24)C(=O)C3(CC)CC)CC1. The Hall–Kier alpha value is -1.87. The molecule has 0 spiro atoms. The fourth-order valence-corrected chi connectivity index (χ4v) is 5.34. The standard InChI is InChI=1S/C24H32N2O/c1-4-13-25-14-8-15-26(17-16-25)21-12-11-20-22-18(21)9-7-10-19(22)23(27)24(20,5-2)6-3/h7,9-12H,4-6,8,13-17H2,1-3H3. The third-order valence-electron chi connectivity index (χ3n) is 6.89. The lowest BCUT2D eigenvalue weighted by Crippen LogP contribution is -2.31. The molecule has 27 heavy (non-hydrogen) atoms. The molecule has 1 aliphatic heterocycles. The first-order chi connectivity index (χ1) is 13.2. The maximum Gasteiger partial charge on any atom is 0.174 e. The normalized spacial score (nSPS) is 19.7. The molecule has 2 aromatic rings. The van der Waals surface area contributed by atoms with E-state index in [0.717, 1.165) is 38.0 Å². The molecule has 3 nitrogen and oxygen atoms in total. The van der Waals surface area contributed by atoms with Gasteiger partial charge in [-0.2, -0.15) is 0 Å². The Morgan fingerprint density at radius 1 is 0.963 bits per heavy atom. The summed E-state index contributed by atoms with van der Waals surface area (Å²) in [6, 6.07) is 10.9. The minimum atomic E-state index is -0.322. The van der Waals surface area contributed by atoms with Gasteiger partial charge in [0.05, 0.1) is 5.41 Å². The molecular formula is C24H32N2O. The van der Waals surface area contributed by atoms with Gasteiger partial charge in [-0.15, -0.1) is 0 Å². The Kier molecular flexibility index (Phi) is 4.98. The van der Waals surface area contributed by atoms with Crippen LogP contribution >= 0.6 is 0 Å². The molecule has 3 heteroatoms. The van der Waals surface area contributed by atoms with Gasteiger partial charge in [-0.25, -0.2) is 0 Å². The highest BCUT2D eigenvalue weighted by Crippen LogP contribution is 2.48. The molecule has 2 aromatic carbocycles. The summed E-state index contributed by atoms with van der Waals surface area (Å²) in [5.41, 5.74) is 3.19. The van der Waals surface area contributed by atoms with Gasteiger partial charge in [-0.05, 0) is 55.8 Å². The minimum Gasteiger partial charge on any atom is -0.370 e. The summed E-state index contributed by atoms with van der Waals surface area (Å²) >= 11 is 0. The number of rotatable bonds is 5. The van der Waals surface area contributed by atoms with Crippen LogP contribution in [0.1, 0.15) is 62.4 Å². The molecule has 0 aromatic heterocycles. The van der Waals surface area contributed by atoms with E-state index in [4.69, 9.17) is 0 Å². The van der Waals surface area contributed by atoms with Crippen molar-refractivity contribution >= 4 is 22.2 Å². The molecule has 4 rings (SSSR count). The molecule has 0 bridgehead atoms. The van der Waals surface area contributed by atoms with Crippen molar-refractivity contribution in [1.82, 2.24) is 4.90 Å². The lowest BCUT2D eigenvalue weighted by atomic mass is 9.75. The minimum absolute atomic E-state index is 0.322. The number of hydrogen-bond donors (Lipinski definition) is 0. The van der Waals surface area contributed by atoms with E-state index < -0.39 is 0 Å². The predicted octanol–water partition coefficient (Wildman–Crippen LogP) is 5.02. The number of Topliss-reactive ketones (excluding diaryl/α,β-unsaturated/α-hetero) is 1. The second-order valence-electron chi connectivity index (χ2n) is 8.16. The predicted molar refractivity (Wildman–Crippen MR) is 114 cm³/mol. The maximum absolute atomic E-state index is 13.3. The Labute approximate surface area is 163 Å². The molecule has 2 aliphatic rings. The van der Waals surface area contributed by atoms with E-state index in [0.29, 0.717) is 5.78 Å². The monoisotopic (exact) mass is 364 g/mol. The molecule has 144 valence electrons. The van der Waals surface area contributed by atoms with Crippen molar-refractivity contribution in [2.75, 3.05) is 37.6 Å². The van der Waals surface area contributed by atoms with E-state index in [1.807, 2.05) is 6.07 Å². The Bertz CT molecular complexity index is 853. The second-order valence-corrected chi connectivity index (χ2v) is 8.16. The number of benzene rings is 2. The van der Waals surface area contributed by atoms with E-state index in [2.05, 4.69) is 54.8 Å². The van der Waals surface area contributed by atoms with Crippen LogP contribution in [0, 0.1) is 0 Å². The number of ketones is 1. The largest absolute Gasteiger partial charge is 0.370 e. The third kappa shape index (κ3) is 2.79. The highest BCUT2D eigenvalue weighted by molar-refractivity contribution is 6.22. The molecular weight excluding hydrogens is 332 g/mol. The van der Waals surface area contributed by atoms with Gasteiger partial charge < -0.3 is 9.80 Å². The number of carbonyl (C=O) groups excluding carboxylic acids is 1. The van der Waals surface area contributed by atoms with E-state index in [1.165, 1.54) is 48.0 Å². The van der Waals surface area contributed by atoms with Crippen LogP contribution < -0.4 is 4.90 Å². The third-order valence-corrected chi connectivity index (χ3v) is 6.89. The zero-order valence-electron chi connectivity index (χ0n) is 17.1. The van der Waals surface area contributed by atoms with Gasteiger partial charge >= 0.3 is 0 Å². The lowest BCUT2D eigenvalue weighted by molar-refractivity contribution is 0.0886. The number of anilines is 1. The molecule has 0 amide bonds. The number of hydrogen-bond acceptors (Lipinski definition) is 3. The van der Waals surface area contributed by atoms with Crippen LogP contribution in [-0.2, 0) is 5.41 Å². The van der Waals surface area contributed by atoms with Crippen LogP contribution in [-0.4, -0.2) is 43.4 Å². The molecule has 1 fully saturated rings. The molecule has 0 saturated carbocycles. The van der Waals surface area contributed by atoms with Crippen molar-refractivity contribution in [2.45, 2.75) is 51.9 Å². The fourth-order valence-electron chi connectivity index (χ4n) is 5.34. The molecule has 0 N–H and O–H groups in total. The van der Waals surface area contributed by atoms with Gasteiger partial charge in [0.2, 0.25) is 0 Å². The van der Waals surface area contributed by atoms with Crippen LogP contribution in [0.4, 0.5) is 5.69 Å². The summed E-state index contributed by atoms with van der Waals surface area (Å²) in [5.74, 6) is 0.329. The molecule has 0 unspecified atom stereocenters. The Morgan fingerprint density at radius 2 is 1.78 bits per heavy atom. The highest BCUT2D eigenvalue weighted by Gasteiger charge is 2.44. The summed E-state index contributed by atoms with van der Waals surface area (Å²) in [6.45, 7) is 12.3. The van der Waals surface area contributed by atoms with Gasteiger partial charge in [0.1, 0.15) is 0 Å². The highest BCUT2D eigenvalue weighted by atomic mass is 16.1. The molecule has 0 atom stereocenters. The van der Waals surface area contributed by atoms with Gasteiger partial charge in [0.15, 0.2) is 5.78 Å². The summed E-state index contributed by atoms with van der Waals surface area (Å²) in [5, 5.41) is 2.49. The molecule has 0 radical (unpaired) electrons. The van der Waals surface area contributed by atoms with Crippen molar-refractivity contribution in [3.8, 4) is 0 Å². The fraction of sp³-hybridized carbons (Fsp3) is 0.542. The Balaban J connectivity index is 1.78. The van der Waals surface area contributed by atoms with Crippen molar-refractivity contribution in [2.24, 2.45) is 0 Å². The van der Waals surface area contributed by atoms with Crippen LogP contribution in [0.3, 0.4) is 0 Å². The van der Waals surface area contributed by atoms with E-state index in [9.17, 15) is 4.79 Å². The van der Waals surface area contributed by atoms with Gasteiger partial charge in [0.25, 0.3) is 0 Å². The van der Waals surface area contributed by atoms with E-state index in [-0.39, 0.29) is 5.41 Å². The van der Waals surface area contributed by atoms with E-state index >= 15 is 0 Å². The summed E-state index contributed by atoms with van der Waals surface area (Å²) < 4.78 is 0. The topological polar surface area (TPSA) is 23.6 Å². The zero-order valence-corrected chi connectivity index (χ0v) is 17.1. The van der Waals surface area contributed by atoms with Crippen LogP contribution in [0.25, 0.3) is 10.8 Å². The lowest BCUT2D eigenvalue weighted by Gasteiger charge is -2.28.